The van der Waals surface area contributed by atoms with Crippen molar-refractivity contribution in [1.29, 1.82) is 0 Å². The second kappa shape index (κ2) is 4.40. The zero-order chi connectivity index (χ0) is 9.68. The molecule has 0 spiro atoms. The molecule has 13 heavy (non-hydrogen) atoms. The summed E-state index contributed by atoms with van der Waals surface area (Å²) in [5, 5.41) is 7.49. The summed E-state index contributed by atoms with van der Waals surface area (Å²) in [7, 11) is 6.72. The maximum Gasteiger partial charge on any atom is 0.306 e. The minimum atomic E-state index is -0.437. The normalized spacial score (nSPS) is 9.00. The van der Waals surface area contributed by atoms with Gasteiger partial charge in [-0.3, -0.25) is 0 Å². The van der Waals surface area contributed by atoms with E-state index < -0.39 is 6.03 Å². The van der Waals surface area contributed by atoms with Gasteiger partial charge in [-0.2, -0.15) is 0 Å². The van der Waals surface area contributed by atoms with Crippen LogP contribution in [0, 0.1) is 0 Å². The Kier molecular flexibility index (Phi) is 3.19. The monoisotopic (exact) mass is 175 g/mol. The molecule has 0 aliphatic rings. The average Bonchev–Trinajstić information content (AvgIpc) is 2.18. The molecular weight excluding hydrogens is 165 g/mol. The van der Waals surface area contributed by atoms with E-state index in [1.165, 1.54) is 0 Å². The van der Waals surface area contributed by atoms with E-state index in [4.69, 9.17) is 7.98 Å². The molecule has 0 heterocycles. The van der Waals surface area contributed by atoms with Crippen LogP contribution in [-0.4, -0.2) is 21.1 Å². The summed E-state index contributed by atoms with van der Waals surface area (Å²) < 4.78 is 0. The van der Waals surface area contributed by atoms with Crippen LogP contribution < -0.4 is 15.9 Å². The van der Waals surface area contributed by atoms with Gasteiger partial charge < -0.3 is 15.9 Å². The van der Waals surface area contributed by atoms with E-state index in [0.717, 1.165) is 5.69 Å². The molecular formula is C8H10BN3O. The van der Waals surface area contributed by atoms with E-state index in [9.17, 15) is 4.79 Å². The van der Waals surface area contributed by atoms with Crippen molar-refractivity contribution in [3.8, 4) is 0 Å². The van der Waals surface area contributed by atoms with Crippen molar-refractivity contribution in [2.45, 2.75) is 0 Å². The van der Waals surface area contributed by atoms with Crippen LogP contribution >= 0.6 is 0 Å². The fourth-order valence-electron chi connectivity index (χ4n) is 0.920. The summed E-state index contributed by atoms with van der Waals surface area (Å²) in [6, 6.07) is 6.86. The predicted octanol–water partition coefficient (Wildman–Crippen LogP) is 0.933. The first-order chi connectivity index (χ1) is 6.26. The number of carbonyl (C=O) groups excluding carboxylic acids is 1. The quantitative estimate of drug-likeness (QED) is 0.585. The molecule has 0 aliphatic heterocycles. The minimum absolute atomic E-state index is 0.437. The molecule has 4 nitrogen and oxygen atoms in total. The number of anilines is 2. The van der Waals surface area contributed by atoms with Gasteiger partial charge in [-0.25, -0.2) is 4.79 Å². The van der Waals surface area contributed by atoms with Gasteiger partial charge in [-0.05, 0) is 18.2 Å². The lowest BCUT2D eigenvalue weighted by molar-refractivity contribution is 0.257. The maximum absolute atomic E-state index is 10.8. The lowest BCUT2D eigenvalue weighted by Gasteiger charge is -2.06. The second-order valence-corrected chi connectivity index (χ2v) is 2.43. The maximum atomic E-state index is 10.8. The largest absolute Gasteiger partial charge is 0.391 e. The third-order valence-electron chi connectivity index (χ3n) is 1.54. The van der Waals surface area contributed by atoms with Crippen molar-refractivity contribution in [3.05, 3.63) is 24.3 Å². The molecule has 1 aromatic carbocycles. The SMILES string of the molecule is [B]NC(=O)Nc1cccc(NC)c1. The van der Waals surface area contributed by atoms with E-state index in [-0.39, 0.29) is 0 Å². The molecule has 2 radical (unpaired) electrons. The highest BCUT2D eigenvalue weighted by atomic mass is 16.2. The van der Waals surface area contributed by atoms with Crippen LogP contribution in [-0.2, 0) is 0 Å². The number of nitrogens with one attached hydrogen (secondary N) is 3. The number of amides is 2. The molecule has 5 heteroatoms. The van der Waals surface area contributed by atoms with E-state index >= 15 is 0 Å². The molecule has 0 aromatic heterocycles. The molecule has 0 atom stereocenters. The van der Waals surface area contributed by atoms with Crippen molar-refractivity contribution in [1.82, 2.24) is 5.23 Å². The van der Waals surface area contributed by atoms with Gasteiger partial charge in [0.15, 0.2) is 0 Å². The number of hydrogen-bond donors (Lipinski definition) is 3. The van der Waals surface area contributed by atoms with E-state index in [0.29, 0.717) is 5.69 Å². The molecule has 0 fully saturated rings. The predicted molar refractivity (Wildman–Crippen MR) is 53.9 cm³/mol. The summed E-state index contributed by atoms with van der Waals surface area (Å²) in [5.74, 6) is 0. The van der Waals surface area contributed by atoms with E-state index in [1.807, 2.05) is 24.4 Å². The molecule has 1 aromatic rings. The number of carbonyl (C=O) groups is 1. The van der Waals surface area contributed by atoms with Crippen LogP contribution in [0.5, 0.6) is 0 Å². The molecule has 2 amide bonds. The molecule has 66 valence electrons. The Bertz CT molecular complexity index is 303. The number of benzene rings is 1. The Hall–Kier alpha value is -1.65. The molecule has 0 bridgehead atoms. The zero-order valence-corrected chi connectivity index (χ0v) is 7.29. The molecule has 3 N–H and O–H groups in total. The van der Waals surface area contributed by atoms with Gasteiger partial charge >= 0.3 is 6.03 Å². The first-order valence-electron chi connectivity index (χ1n) is 3.81. The molecule has 0 saturated carbocycles. The van der Waals surface area contributed by atoms with Crippen LogP contribution in [0.2, 0.25) is 0 Å². The lowest BCUT2D eigenvalue weighted by atomic mass is 10.3. The van der Waals surface area contributed by atoms with Crippen molar-refractivity contribution < 1.29 is 4.79 Å². The Morgan fingerprint density at radius 3 is 2.69 bits per heavy atom. The van der Waals surface area contributed by atoms with Crippen molar-refractivity contribution in [2.24, 2.45) is 0 Å². The summed E-state index contributed by atoms with van der Waals surface area (Å²) in [4.78, 5) is 10.8. The third-order valence-corrected chi connectivity index (χ3v) is 1.54. The third kappa shape index (κ3) is 2.70. The molecule has 0 aliphatic carbocycles. The van der Waals surface area contributed by atoms with Crippen LogP contribution in [0.4, 0.5) is 16.2 Å². The Morgan fingerprint density at radius 2 is 2.08 bits per heavy atom. The highest BCUT2D eigenvalue weighted by molar-refractivity contribution is 6.16. The lowest BCUT2D eigenvalue weighted by Crippen LogP contribution is -2.25. The van der Waals surface area contributed by atoms with Gasteiger partial charge in [0, 0.05) is 18.4 Å². The van der Waals surface area contributed by atoms with Gasteiger partial charge in [-0.1, -0.05) is 6.07 Å². The van der Waals surface area contributed by atoms with Crippen molar-refractivity contribution >= 4 is 25.4 Å². The van der Waals surface area contributed by atoms with Crippen molar-refractivity contribution in [2.75, 3.05) is 17.7 Å². The fourth-order valence-corrected chi connectivity index (χ4v) is 0.920. The van der Waals surface area contributed by atoms with E-state index in [2.05, 4.69) is 10.6 Å². The fraction of sp³-hybridized carbons (Fsp3) is 0.125. The van der Waals surface area contributed by atoms with Gasteiger partial charge in [-0.15, -0.1) is 0 Å². The van der Waals surface area contributed by atoms with E-state index in [1.54, 1.807) is 12.1 Å². The van der Waals surface area contributed by atoms with Crippen LogP contribution in [0.1, 0.15) is 0 Å². The van der Waals surface area contributed by atoms with Crippen molar-refractivity contribution in [3.63, 3.8) is 0 Å². The highest BCUT2D eigenvalue weighted by Crippen LogP contribution is 2.13. The van der Waals surface area contributed by atoms with Crippen LogP contribution in [0.15, 0.2) is 24.3 Å². The standard InChI is InChI=1S/C8H10BN3O/c1-10-6-3-2-4-7(5-6)11-8(13)12-9/h2-5,10H,1H3,(H2,11,12,13). The van der Waals surface area contributed by atoms with Gasteiger partial charge in [0.05, 0.1) is 0 Å². The molecule has 1 rings (SSSR count). The number of urea groups is 1. The topological polar surface area (TPSA) is 53.2 Å². The van der Waals surface area contributed by atoms with Gasteiger partial charge in [0.25, 0.3) is 0 Å². The molecule has 0 unspecified atom stereocenters. The Morgan fingerprint density at radius 1 is 1.38 bits per heavy atom. The Balaban J connectivity index is 2.71. The first kappa shape index (κ1) is 9.44. The van der Waals surface area contributed by atoms with Gasteiger partial charge in [0.2, 0.25) is 7.98 Å². The summed E-state index contributed by atoms with van der Waals surface area (Å²) in [6.07, 6.45) is 0. The number of rotatable bonds is 2. The average molecular weight is 175 g/mol. The minimum Gasteiger partial charge on any atom is -0.391 e. The zero-order valence-electron chi connectivity index (χ0n) is 7.29. The van der Waals surface area contributed by atoms with Gasteiger partial charge in [0.1, 0.15) is 0 Å². The smallest absolute Gasteiger partial charge is 0.306 e. The highest BCUT2D eigenvalue weighted by Gasteiger charge is 1.97. The van der Waals surface area contributed by atoms with Crippen LogP contribution in [0.3, 0.4) is 0 Å². The summed E-state index contributed by atoms with van der Waals surface area (Å²) in [6.45, 7) is 0. The summed E-state index contributed by atoms with van der Waals surface area (Å²) in [5.41, 5.74) is 1.62. The Labute approximate surface area is 78.1 Å². The second-order valence-electron chi connectivity index (χ2n) is 2.43. The first-order valence-corrected chi connectivity index (χ1v) is 3.81. The number of hydrogen-bond acceptors (Lipinski definition) is 2. The van der Waals surface area contributed by atoms with Crippen LogP contribution in [0.25, 0.3) is 0 Å². The molecule has 0 saturated heterocycles. The summed E-state index contributed by atoms with van der Waals surface area (Å²) >= 11 is 0.